The topological polar surface area (TPSA) is 61.4 Å². The van der Waals surface area contributed by atoms with E-state index >= 15 is 0 Å². The third-order valence-electron chi connectivity index (χ3n) is 4.12. The second kappa shape index (κ2) is 9.99. The molecule has 2 rings (SSSR count). The molecular formula is C20H25N3O2S. The van der Waals surface area contributed by atoms with Gasteiger partial charge in [0, 0.05) is 11.4 Å². The fourth-order valence-electron chi connectivity index (χ4n) is 2.43. The SMILES string of the molecule is CSc1ccccc1NC(=O)CN(C)C(C)C(=O)NCc1ccccc1. The monoisotopic (exact) mass is 371 g/mol. The van der Waals surface area contributed by atoms with Gasteiger partial charge in [-0.15, -0.1) is 11.8 Å². The van der Waals surface area contributed by atoms with Gasteiger partial charge < -0.3 is 10.6 Å². The van der Waals surface area contributed by atoms with Crippen LogP contribution in [-0.2, 0) is 16.1 Å². The zero-order valence-electron chi connectivity index (χ0n) is 15.4. The Morgan fingerprint density at radius 3 is 2.42 bits per heavy atom. The van der Waals surface area contributed by atoms with Crippen LogP contribution in [0, 0.1) is 0 Å². The summed E-state index contributed by atoms with van der Waals surface area (Å²) < 4.78 is 0. The van der Waals surface area contributed by atoms with Crippen LogP contribution < -0.4 is 10.6 Å². The summed E-state index contributed by atoms with van der Waals surface area (Å²) in [5.74, 6) is -0.245. The minimum atomic E-state index is -0.403. The second-order valence-electron chi connectivity index (χ2n) is 6.04. The first-order valence-corrected chi connectivity index (χ1v) is 9.68. The summed E-state index contributed by atoms with van der Waals surface area (Å²) in [7, 11) is 1.77. The summed E-state index contributed by atoms with van der Waals surface area (Å²) in [6, 6.07) is 17.0. The molecule has 2 N–H and O–H groups in total. The number of anilines is 1. The maximum absolute atomic E-state index is 12.3. The Bertz CT molecular complexity index is 737. The van der Waals surface area contributed by atoms with Crippen molar-refractivity contribution in [2.24, 2.45) is 0 Å². The van der Waals surface area contributed by atoms with Gasteiger partial charge in [0.05, 0.1) is 18.3 Å². The van der Waals surface area contributed by atoms with Crippen LogP contribution in [-0.4, -0.2) is 42.6 Å². The van der Waals surface area contributed by atoms with E-state index in [2.05, 4.69) is 10.6 Å². The number of para-hydroxylation sites is 1. The van der Waals surface area contributed by atoms with Crippen LogP contribution >= 0.6 is 11.8 Å². The molecule has 6 heteroatoms. The third-order valence-corrected chi connectivity index (χ3v) is 4.92. The molecule has 0 bridgehead atoms. The molecule has 26 heavy (non-hydrogen) atoms. The highest BCUT2D eigenvalue weighted by Gasteiger charge is 2.20. The summed E-state index contributed by atoms with van der Waals surface area (Å²) in [6.45, 7) is 2.41. The highest BCUT2D eigenvalue weighted by Crippen LogP contribution is 2.24. The largest absolute Gasteiger partial charge is 0.351 e. The summed E-state index contributed by atoms with van der Waals surface area (Å²) in [5.41, 5.74) is 1.83. The van der Waals surface area contributed by atoms with E-state index in [1.807, 2.05) is 60.9 Å². The Labute approximate surface area is 159 Å². The van der Waals surface area contributed by atoms with Gasteiger partial charge in [-0.2, -0.15) is 0 Å². The van der Waals surface area contributed by atoms with Crippen molar-refractivity contribution in [1.82, 2.24) is 10.2 Å². The number of carbonyl (C=O) groups is 2. The van der Waals surface area contributed by atoms with Crippen molar-refractivity contribution in [2.45, 2.75) is 24.4 Å². The zero-order chi connectivity index (χ0) is 18.9. The number of nitrogens with zero attached hydrogens (tertiary/aromatic N) is 1. The normalized spacial score (nSPS) is 11.8. The van der Waals surface area contributed by atoms with Crippen LogP contribution in [0.25, 0.3) is 0 Å². The molecule has 0 saturated heterocycles. The van der Waals surface area contributed by atoms with Crippen LogP contribution in [0.1, 0.15) is 12.5 Å². The van der Waals surface area contributed by atoms with Crippen molar-refractivity contribution in [2.75, 3.05) is 25.2 Å². The first-order valence-electron chi connectivity index (χ1n) is 8.46. The fourth-order valence-corrected chi connectivity index (χ4v) is 2.99. The molecule has 2 amide bonds. The van der Waals surface area contributed by atoms with Gasteiger partial charge in [0.2, 0.25) is 11.8 Å². The Kier molecular flexibility index (Phi) is 7.69. The maximum atomic E-state index is 12.3. The van der Waals surface area contributed by atoms with Crippen LogP contribution in [0.3, 0.4) is 0 Å². The van der Waals surface area contributed by atoms with Gasteiger partial charge in [-0.25, -0.2) is 0 Å². The highest BCUT2D eigenvalue weighted by molar-refractivity contribution is 7.98. The Hall–Kier alpha value is -2.31. The molecule has 0 heterocycles. The standard InChI is InChI=1S/C20H25N3O2S/c1-15(20(25)21-13-16-9-5-4-6-10-16)23(2)14-19(24)22-17-11-7-8-12-18(17)26-3/h4-12,15H,13-14H2,1-3H3,(H,21,25)(H,22,24). The van der Waals surface area contributed by atoms with Crippen molar-refractivity contribution in [3.63, 3.8) is 0 Å². The van der Waals surface area contributed by atoms with E-state index in [0.717, 1.165) is 16.1 Å². The molecule has 0 aliphatic carbocycles. The number of hydrogen-bond donors (Lipinski definition) is 2. The minimum absolute atomic E-state index is 0.103. The number of benzene rings is 2. The number of thioether (sulfide) groups is 1. The molecule has 0 aliphatic heterocycles. The predicted octanol–water partition coefficient (Wildman–Crippen LogP) is 2.98. The molecule has 138 valence electrons. The Balaban J connectivity index is 1.84. The quantitative estimate of drug-likeness (QED) is 0.701. The third kappa shape index (κ3) is 5.89. The van der Waals surface area contributed by atoms with Crippen molar-refractivity contribution in [1.29, 1.82) is 0 Å². The van der Waals surface area contributed by atoms with Gasteiger partial charge in [-0.1, -0.05) is 42.5 Å². The van der Waals surface area contributed by atoms with Gasteiger partial charge in [0.25, 0.3) is 0 Å². The Morgan fingerprint density at radius 1 is 1.08 bits per heavy atom. The van der Waals surface area contributed by atoms with E-state index in [-0.39, 0.29) is 18.4 Å². The van der Waals surface area contributed by atoms with Crippen LogP contribution in [0.5, 0.6) is 0 Å². The number of hydrogen-bond acceptors (Lipinski definition) is 4. The number of carbonyl (C=O) groups excluding carboxylic acids is 2. The lowest BCUT2D eigenvalue weighted by molar-refractivity contribution is -0.126. The predicted molar refractivity (Wildman–Crippen MR) is 107 cm³/mol. The van der Waals surface area contributed by atoms with Gasteiger partial charge in [-0.05, 0) is 37.9 Å². The minimum Gasteiger partial charge on any atom is -0.351 e. The van der Waals surface area contributed by atoms with Crippen molar-refractivity contribution in [3.8, 4) is 0 Å². The smallest absolute Gasteiger partial charge is 0.238 e. The summed E-state index contributed by atoms with van der Waals surface area (Å²) >= 11 is 1.58. The first-order chi connectivity index (χ1) is 12.5. The number of likely N-dealkylation sites (N-methyl/N-ethyl adjacent to an activating group) is 1. The average molecular weight is 372 g/mol. The molecule has 0 spiro atoms. The van der Waals surface area contributed by atoms with Crippen LogP contribution in [0.15, 0.2) is 59.5 Å². The average Bonchev–Trinajstić information content (AvgIpc) is 2.66. The molecule has 1 atom stereocenters. The fraction of sp³-hybridized carbons (Fsp3) is 0.300. The molecule has 0 fully saturated rings. The molecule has 1 unspecified atom stereocenters. The summed E-state index contributed by atoms with van der Waals surface area (Å²) in [6.07, 6.45) is 1.97. The van der Waals surface area contributed by atoms with Gasteiger partial charge in [0.15, 0.2) is 0 Å². The lowest BCUT2D eigenvalue weighted by atomic mass is 10.2. The number of rotatable bonds is 8. The lowest BCUT2D eigenvalue weighted by Crippen LogP contribution is -2.45. The van der Waals surface area contributed by atoms with Crippen LogP contribution in [0.4, 0.5) is 5.69 Å². The highest BCUT2D eigenvalue weighted by atomic mass is 32.2. The molecule has 0 saturated carbocycles. The lowest BCUT2D eigenvalue weighted by Gasteiger charge is -2.23. The number of nitrogens with one attached hydrogen (secondary N) is 2. The van der Waals surface area contributed by atoms with Crippen molar-refractivity contribution < 1.29 is 9.59 Å². The van der Waals surface area contributed by atoms with E-state index < -0.39 is 6.04 Å². The van der Waals surface area contributed by atoms with E-state index in [4.69, 9.17) is 0 Å². The van der Waals surface area contributed by atoms with Crippen molar-refractivity contribution in [3.05, 3.63) is 60.2 Å². The molecule has 2 aromatic carbocycles. The van der Waals surface area contributed by atoms with E-state index in [9.17, 15) is 9.59 Å². The molecule has 0 aromatic heterocycles. The van der Waals surface area contributed by atoms with Crippen LogP contribution in [0.2, 0.25) is 0 Å². The van der Waals surface area contributed by atoms with E-state index in [1.54, 1.807) is 30.6 Å². The van der Waals surface area contributed by atoms with Gasteiger partial charge in [0.1, 0.15) is 0 Å². The van der Waals surface area contributed by atoms with Gasteiger partial charge >= 0.3 is 0 Å². The second-order valence-corrected chi connectivity index (χ2v) is 6.89. The molecule has 2 aromatic rings. The molecule has 0 radical (unpaired) electrons. The van der Waals surface area contributed by atoms with Gasteiger partial charge in [-0.3, -0.25) is 14.5 Å². The summed E-state index contributed by atoms with van der Waals surface area (Å²) in [4.78, 5) is 27.4. The van der Waals surface area contributed by atoms with E-state index in [0.29, 0.717) is 6.54 Å². The summed E-state index contributed by atoms with van der Waals surface area (Å²) in [5, 5.41) is 5.82. The van der Waals surface area contributed by atoms with Crippen molar-refractivity contribution >= 4 is 29.3 Å². The Morgan fingerprint density at radius 2 is 1.73 bits per heavy atom. The molecule has 0 aliphatic rings. The first kappa shape index (κ1) is 20.0. The van der Waals surface area contributed by atoms with E-state index in [1.165, 1.54) is 0 Å². The zero-order valence-corrected chi connectivity index (χ0v) is 16.2. The molecule has 5 nitrogen and oxygen atoms in total. The maximum Gasteiger partial charge on any atom is 0.238 e. The number of amides is 2. The molecular weight excluding hydrogens is 346 g/mol.